The van der Waals surface area contributed by atoms with E-state index in [1.54, 1.807) is 18.2 Å². The summed E-state index contributed by atoms with van der Waals surface area (Å²) in [7, 11) is 0. The van der Waals surface area contributed by atoms with E-state index in [0.29, 0.717) is 19.3 Å². The lowest BCUT2D eigenvalue weighted by molar-refractivity contribution is -0.141. The molecule has 0 heterocycles. The van der Waals surface area contributed by atoms with Gasteiger partial charge in [-0.25, -0.2) is 4.39 Å². The smallest absolute Gasteiger partial charge is 0.306 e. The van der Waals surface area contributed by atoms with Crippen molar-refractivity contribution in [1.82, 2.24) is 0 Å². The lowest BCUT2D eigenvalue weighted by Crippen LogP contribution is -2.16. The molecule has 0 saturated heterocycles. The van der Waals surface area contributed by atoms with Crippen LogP contribution in [-0.2, 0) is 11.2 Å². The third kappa shape index (κ3) is 3.85. The minimum atomic E-state index is -0.842. The number of carboxylic acids is 1. The number of carbonyl (C=O) groups is 1. The quantitative estimate of drug-likeness (QED) is 0.751. The van der Waals surface area contributed by atoms with E-state index in [1.165, 1.54) is 12.1 Å². The summed E-state index contributed by atoms with van der Waals surface area (Å²) < 4.78 is 12.9. The Morgan fingerprint density at radius 2 is 2.31 bits per heavy atom. The van der Waals surface area contributed by atoms with Crippen molar-refractivity contribution in [3.8, 4) is 0 Å². The van der Waals surface area contributed by atoms with Crippen LogP contribution in [0, 0.1) is 11.7 Å². The summed E-state index contributed by atoms with van der Waals surface area (Å²) >= 11 is 0. The molecule has 0 bridgehead atoms. The zero-order chi connectivity index (χ0) is 12.0. The summed E-state index contributed by atoms with van der Waals surface area (Å²) in [6.45, 7) is 3.56. The standard InChI is InChI=1S/C13H15FO2/c1-2-3-6-11(13(15)16)8-10-5-4-7-12(14)9-10/h2,4-5,7,9,11H,1,3,6,8H2,(H,15,16). The summed E-state index contributed by atoms with van der Waals surface area (Å²) in [4.78, 5) is 11.0. The van der Waals surface area contributed by atoms with Gasteiger partial charge in [-0.1, -0.05) is 18.2 Å². The SMILES string of the molecule is C=CCCC(Cc1cccc(F)c1)C(=O)O. The highest BCUT2D eigenvalue weighted by molar-refractivity contribution is 5.70. The molecule has 0 aliphatic heterocycles. The monoisotopic (exact) mass is 222 g/mol. The van der Waals surface area contributed by atoms with Crippen molar-refractivity contribution in [3.63, 3.8) is 0 Å². The van der Waals surface area contributed by atoms with E-state index in [2.05, 4.69) is 6.58 Å². The van der Waals surface area contributed by atoms with E-state index < -0.39 is 11.9 Å². The summed E-state index contributed by atoms with van der Waals surface area (Å²) in [6.07, 6.45) is 3.25. The molecule has 2 nitrogen and oxygen atoms in total. The molecule has 1 aromatic carbocycles. The van der Waals surface area contributed by atoms with Gasteiger partial charge in [0.2, 0.25) is 0 Å². The van der Waals surface area contributed by atoms with Gasteiger partial charge in [-0.05, 0) is 37.0 Å². The van der Waals surface area contributed by atoms with E-state index in [-0.39, 0.29) is 5.82 Å². The summed E-state index contributed by atoms with van der Waals surface area (Å²) in [5.74, 6) is -1.64. The van der Waals surface area contributed by atoms with E-state index in [1.807, 2.05) is 0 Å². The fraction of sp³-hybridized carbons (Fsp3) is 0.308. The van der Waals surface area contributed by atoms with Gasteiger partial charge in [-0.2, -0.15) is 0 Å². The van der Waals surface area contributed by atoms with Crippen LogP contribution in [0.1, 0.15) is 18.4 Å². The van der Waals surface area contributed by atoms with Crippen LogP contribution >= 0.6 is 0 Å². The molecule has 1 unspecified atom stereocenters. The van der Waals surface area contributed by atoms with Gasteiger partial charge in [-0.15, -0.1) is 6.58 Å². The van der Waals surface area contributed by atoms with Crippen LogP contribution in [-0.4, -0.2) is 11.1 Å². The zero-order valence-corrected chi connectivity index (χ0v) is 9.03. The van der Waals surface area contributed by atoms with Gasteiger partial charge in [0.1, 0.15) is 5.82 Å². The number of benzene rings is 1. The van der Waals surface area contributed by atoms with Crippen LogP contribution in [0.25, 0.3) is 0 Å². The fourth-order valence-corrected chi connectivity index (χ4v) is 1.58. The summed E-state index contributed by atoms with van der Waals surface area (Å²) in [5.41, 5.74) is 0.719. The summed E-state index contributed by atoms with van der Waals surface area (Å²) in [6, 6.07) is 6.07. The van der Waals surface area contributed by atoms with Crippen LogP contribution < -0.4 is 0 Å². The van der Waals surface area contributed by atoms with Crippen LogP contribution in [0.3, 0.4) is 0 Å². The van der Waals surface area contributed by atoms with Crippen molar-refractivity contribution < 1.29 is 14.3 Å². The van der Waals surface area contributed by atoms with Crippen LogP contribution in [0.4, 0.5) is 4.39 Å². The number of carboxylic acid groups (broad SMARTS) is 1. The molecule has 1 aromatic rings. The number of rotatable bonds is 6. The second kappa shape index (κ2) is 6.05. The molecule has 0 aliphatic carbocycles. The average Bonchev–Trinajstić information content (AvgIpc) is 2.24. The Morgan fingerprint density at radius 3 is 2.88 bits per heavy atom. The van der Waals surface area contributed by atoms with E-state index in [0.717, 1.165) is 5.56 Å². The molecule has 16 heavy (non-hydrogen) atoms. The van der Waals surface area contributed by atoms with E-state index in [9.17, 15) is 9.18 Å². The molecular formula is C13H15FO2. The predicted molar refractivity (Wildman–Crippen MR) is 60.7 cm³/mol. The number of aliphatic carboxylic acids is 1. The largest absolute Gasteiger partial charge is 0.481 e. The van der Waals surface area contributed by atoms with Crippen molar-refractivity contribution in [2.75, 3.05) is 0 Å². The second-order valence-electron chi connectivity index (χ2n) is 3.74. The Morgan fingerprint density at radius 1 is 1.56 bits per heavy atom. The third-order valence-electron chi connectivity index (χ3n) is 2.44. The Labute approximate surface area is 94.4 Å². The van der Waals surface area contributed by atoms with Crippen molar-refractivity contribution >= 4 is 5.97 Å². The van der Waals surface area contributed by atoms with E-state index in [4.69, 9.17) is 5.11 Å². The van der Waals surface area contributed by atoms with Crippen LogP contribution in [0.15, 0.2) is 36.9 Å². The topological polar surface area (TPSA) is 37.3 Å². The van der Waals surface area contributed by atoms with Crippen LogP contribution in [0.2, 0.25) is 0 Å². The Bertz CT molecular complexity index is 374. The van der Waals surface area contributed by atoms with Gasteiger partial charge >= 0.3 is 5.97 Å². The lowest BCUT2D eigenvalue weighted by Gasteiger charge is -2.11. The molecule has 0 aliphatic rings. The van der Waals surface area contributed by atoms with Crippen molar-refractivity contribution in [3.05, 3.63) is 48.3 Å². The van der Waals surface area contributed by atoms with E-state index >= 15 is 0 Å². The second-order valence-corrected chi connectivity index (χ2v) is 3.74. The fourth-order valence-electron chi connectivity index (χ4n) is 1.58. The third-order valence-corrected chi connectivity index (χ3v) is 2.44. The Balaban J connectivity index is 2.67. The molecule has 3 heteroatoms. The predicted octanol–water partition coefficient (Wildman–Crippen LogP) is 3.04. The first-order valence-corrected chi connectivity index (χ1v) is 5.21. The molecule has 1 N–H and O–H groups in total. The van der Waals surface area contributed by atoms with Crippen molar-refractivity contribution in [2.45, 2.75) is 19.3 Å². The molecule has 0 radical (unpaired) electrons. The highest BCUT2D eigenvalue weighted by Gasteiger charge is 2.17. The van der Waals surface area contributed by atoms with Crippen molar-refractivity contribution in [2.24, 2.45) is 5.92 Å². The molecule has 1 rings (SSSR count). The number of allylic oxidation sites excluding steroid dienone is 1. The van der Waals surface area contributed by atoms with Gasteiger partial charge < -0.3 is 5.11 Å². The first-order valence-electron chi connectivity index (χ1n) is 5.21. The number of hydrogen-bond acceptors (Lipinski definition) is 1. The normalized spacial score (nSPS) is 12.1. The van der Waals surface area contributed by atoms with Gasteiger partial charge in [0.15, 0.2) is 0 Å². The minimum Gasteiger partial charge on any atom is -0.481 e. The lowest BCUT2D eigenvalue weighted by atomic mass is 9.95. The van der Waals surface area contributed by atoms with Crippen LogP contribution in [0.5, 0.6) is 0 Å². The number of halogens is 1. The van der Waals surface area contributed by atoms with Gasteiger partial charge in [-0.3, -0.25) is 4.79 Å². The first kappa shape index (κ1) is 12.4. The first-order chi connectivity index (χ1) is 7.63. The highest BCUT2D eigenvalue weighted by atomic mass is 19.1. The minimum absolute atomic E-state index is 0.328. The van der Waals surface area contributed by atoms with Gasteiger partial charge in [0.05, 0.1) is 5.92 Å². The van der Waals surface area contributed by atoms with Gasteiger partial charge in [0, 0.05) is 0 Å². The molecule has 0 fully saturated rings. The average molecular weight is 222 g/mol. The van der Waals surface area contributed by atoms with Gasteiger partial charge in [0.25, 0.3) is 0 Å². The maximum absolute atomic E-state index is 12.9. The molecule has 0 aromatic heterocycles. The summed E-state index contributed by atoms with van der Waals surface area (Å²) in [5, 5.41) is 9.00. The Kier molecular flexibility index (Phi) is 4.70. The Hall–Kier alpha value is -1.64. The zero-order valence-electron chi connectivity index (χ0n) is 9.03. The number of hydrogen-bond donors (Lipinski definition) is 1. The molecule has 0 amide bonds. The highest BCUT2D eigenvalue weighted by Crippen LogP contribution is 2.15. The molecule has 0 saturated carbocycles. The molecule has 0 spiro atoms. The molecule has 1 atom stereocenters. The maximum atomic E-state index is 12.9. The van der Waals surface area contributed by atoms with Crippen molar-refractivity contribution in [1.29, 1.82) is 0 Å². The molecule has 86 valence electrons. The maximum Gasteiger partial charge on any atom is 0.306 e. The molecular weight excluding hydrogens is 207 g/mol.